The second-order valence-corrected chi connectivity index (χ2v) is 5.62. The Kier molecular flexibility index (Phi) is 4.38. The largest absolute Gasteiger partial charge is 0.392 e. The third-order valence-corrected chi connectivity index (χ3v) is 3.55. The average Bonchev–Trinajstić information content (AvgIpc) is 2.47. The van der Waals surface area contributed by atoms with Crippen LogP contribution in [-0.4, -0.2) is 17.8 Å². The Hall–Kier alpha value is 0.1000. The van der Waals surface area contributed by atoms with E-state index in [9.17, 15) is 0 Å². The van der Waals surface area contributed by atoms with Crippen molar-refractivity contribution in [3.8, 4) is 0 Å². The third kappa shape index (κ3) is 3.77. The van der Waals surface area contributed by atoms with Crippen LogP contribution in [0.25, 0.3) is 0 Å². The molecule has 0 radical (unpaired) electrons. The van der Waals surface area contributed by atoms with Crippen LogP contribution in [0.4, 0.5) is 0 Å². The smallest absolute Gasteiger partial charge is 0.0701 e. The average molecular weight is 264 g/mol. The lowest BCUT2D eigenvalue weighted by Gasteiger charge is -2.13. The summed E-state index contributed by atoms with van der Waals surface area (Å²) in [4.78, 5) is 1.28. The second-order valence-electron chi connectivity index (χ2n) is 3.12. The molecule has 0 aliphatic carbocycles. The highest BCUT2D eigenvalue weighted by Crippen LogP contribution is 2.26. The fourth-order valence-corrected chi connectivity index (χ4v) is 2.46. The summed E-state index contributed by atoms with van der Waals surface area (Å²) in [6, 6.07) is 4.44. The van der Waals surface area contributed by atoms with Crippen LogP contribution in [0, 0.1) is 0 Å². The van der Waals surface area contributed by atoms with Gasteiger partial charge in [0.25, 0.3) is 0 Å². The molecule has 0 saturated heterocycles. The van der Waals surface area contributed by atoms with E-state index in [0.717, 1.165) is 3.79 Å². The highest BCUT2D eigenvalue weighted by molar-refractivity contribution is 9.11. The van der Waals surface area contributed by atoms with Gasteiger partial charge in [-0.1, -0.05) is 0 Å². The molecule has 0 saturated carbocycles. The minimum absolute atomic E-state index is 0.286. The Morgan fingerprint density at radius 3 is 2.69 bits per heavy atom. The van der Waals surface area contributed by atoms with Crippen molar-refractivity contribution in [3.05, 3.63) is 20.8 Å². The molecule has 1 rings (SSSR count). The Morgan fingerprint density at radius 1 is 1.54 bits per heavy atom. The zero-order valence-corrected chi connectivity index (χ0v) is 10.2. The molecule has 1 aromatic rings. The fraction of sp³-hybridized carbons (Fsp3) is 0.556. The van der Waals surface area contributed by atoms with Crippen LogP contribution in [0.15, 0.2) is 15.9 Å². The summed E-state index contributed by atoms with van der Waals surface area (Å²) in [5, 5.41) is 12.3. The number of aliphatic hydroxyl groups is 1. The monoisotopic (exact) mass is 263 g/mol. The van der Waals surface area contributed by atoms with Gasteiger partial charge in [0.05, 0.1) is 9.89 Å². The van der Waals surface area contributed by atoms with Gasteiger partial charge in [0, 0.05) is 17.5 Å². The van der Waals surface area contributed by atoms with Gasteiger partial charge in [0.2, 0.25) is 0 Å². The summed E-state index contributed by atoms with van der Waals surface area (Å²) in [7, 11) is 0. The lowest BCUT2D eigenvalue weighted by molar-refractivity contribution is 0.187. The van der Waals surface area contributed by atoms with Crippen molar-refractivity contribution in [3.63, 3.8) is 0 Å². The van der Waals surface area contributed by atoms with Gasteiger partial charge in [-0.15, -0.1) is 11.3 Å². The molecule has 74 valence electrons. The summed E-state index contributed by atoms with van der Waals surface area (Å²) in [5.41, 5.74) is 0. The molecule has 0 bridgehead atoms. The zero-order chi connectivity index (χ0) is 9.84. The molecule has 0 aromatic carbocycles. The zero-order valence-electron chi connectivity index (χ0n) is 7.75. The molecule has 0 unspecified atom stereocenters. The third-order valence-electron chi connectivity index (χ3n) is 1.74. The number of aliphatic hydroxyl groups excluding tert-OH is 1. The van der Waals surface area contributed by atoms with Gasteiger partial charge in [0.15, 0.2) is 0 Å². The van der Waals surface area contributed by atoms with Crippen LogP contribution in [0.3, 0.4) is 0 Å². The van der Waals surface area contributed by atoms with Gasteiger partial charge in [0.1, 0.15) is 0 Å². The molecule has 1 heterocycles. The van der Waals surface area contributed by atoms with Gasteiger partial charge in [-0.3, -0.25) is 0 Å². The topological polar surface area (TPSA) is 32.3 Å². The number of hydrogen-bond donors (Lipinski definition) is 2. The van der Waals surface area contributed by atoms with Crippen molar-refractivity contribution in [2.24, 2.45) is 0 Å². The first kappa shape index (κ1) is 11.2. The summed E-state index contributed by atoms with van der Waals surface area (Å²) < 4.78 is 1.15. The fourth-order valence-electron chi connectivity index (χ4n) is 1.01. The Balaban J connectivity index is 2.44. The van der Waals surface area contributed by atoms with Crippen LogP contribution in [0.5, 0.6) is 0 Å². The van der Waals surface area contributed by atoms with Crippen molar-refractivity contribution in [1.82, 2.24) is 5.32 Å². The van der Waals surface area contributed by atoms with Gasteiger partial charge >= 0.3 is 0 Å². The van der Waals surface area contributed by atoms with Crippen molar-refractivity contribution in [2.75, 3.05) is 6.54 Å². The quantitative estimate of drug-likeness (QED) is 0.876. The SMILES string of the molecule is C[C@H](O)CN[C@H](C)c1ccc(Br)s1. The molecular formula is C9H14BrNOS. The highest BCUT2D eigenvalue weighted by atomic mass is 79.9. The van der Waals surface area contributed by atoms with E-state index in [0.29, 0.717) is 12.6 Å². The summed E-state index contributed by atoms with van der Waals surface area (Å²) in [6.45, 7) is 4.52. The molecular weight excluding hydrogens is 250 g/mol. The summed E-state index contributed by atoms with van der Waals surface area (Å²) in [6.07, 6.45) is -0.286. The van der Waals surface area contributed by atoms with Crippen LogP contribution < -0.4 is 5.32 Å². The van der Waals surface area contributed by atoms with Crippen molar-refractivity contribution in [1.29, 1.82) is 0 Å². The predicted molar refractivity (Wildman–Crippen MR) is 60.1 cm³/mol. The standard InChI is InChI=1S/C9H14BrNOS/c1-6(12)5-11-7(2)8-3-4-9(10)13-8/h3-4,6-7,11-12H,5H2,1-2H3/t6-,7+/m0/s1. The van der Waals surface area contributed by atoms with Crippen molar-refractivity contribution >= 4 is 27.3 Å². The van der Waals surface area contributed by atoms with Crippen LogP contribution in [-0.2, 0) is 0 Å². The Morgan fingerprint density at radius 2 is 2.23 bits per heavy atom. The molecule has 0 amide bonds. The number of rotatable bonds is 4. The van der Waals surface area contributed by atoms with Gasteiger partial charge in [-0.2, -0.15) is 0 Å². The first-order chi connectivity index (χ1) is 6.09. The molecule has 2 nitrogen and oxygen atoms in total. The van der Waals surface area contributed by atoms with E-state index >= 15 is 0 Å². The Bertz CT molecular complexity index is 262. The van der Waals surface area contributed by atoms with E-state index in [4.69, 9.17) is 5.11 Å². The van der Waals surface area contributed by atoms with E-state index in [2.05, 4.69) is 34.2 Å². The molecule has 0 aliphatic heterocycles. The molecule has 13 heavy (non-hydrogen) atoms. The van der Waals surface area contributed by atoms with Crippen LogP contribution in [0.2, 0.25) is 0 Å². The number of nitrogens with one attached hydrogen (secondary N) is 1. The molecule has 1 aromatic heterocycles. The number of hydrogen-bond acceptors (Lipinski definition) is 3. The highest BCUT2D eigenvalue weighted by Gasteiger charge is 2.07. The first-order valence-electron chi connectivity index (χ1n) is 4.26. The van der Waals surface area contributed by atoms with Crippen LogP contribution >= 0.6 is 27.3 Å². The predicted octanol–water partition coefficient (Wildman–Crippen LogP) is 2.54. The van der Waals surface area contributed by atoms with Gasteiger partial charge in [-0.05, 0) is 41.9 Å². The maximum atomic E-state index is 9.09. The number of thiophene rings is 1. The second kappa shape index (κ2) is 5.10. The van der Waals surface area contributed by atoms with Gasteiger partial charge < -0.3 is 10.4 Å². The minimum Gasteiger partial charge on any atom is -0.392 e. The van der Waals surface area contributed by atoms with E-state index < -0.39 is 0 Å². The molecule has 2 atom stereocenters. The van der Waals surface area contributed by atoms with Crippen molar-refractivity contribution < 1.29 is 5.11 Å². The van der Waals surface area contributed by atoms with E-state index in [1.807, 2.05) is 6.07 Å². The maximum Gasteiger partial charge on any atom is 0.0701 e. The normalized spacial score (nSPS) is 15.7. The molecule has 0 aliphatic rings. The lowest BCUT2D eigenvalue weighted by Crippen LogP contribution is -2.26. The van der Waals surface area contributed by atoms with Crippen molar-refractivity contribution in [2.45, 2.75) is 26.0 Å². The van der Waals surface area contributed by atoms with E-state index in [1.54, 1.807) is 18.3 Å². The molecule has 0 fully saturated rings. The maximum absolute atomic E-state index is 9.09. The number of halogens is 1. The first-order valence-corrected chi connectivity index (χ1v) is 5.87. The summed E-state index contributed by atoms with van der Waals surface area (Å²) >= 11 is 5.14. The van der Waals surface area contributed by atoms with E-state index in [1.165, 1.54) is 4.88 Å². The Labute approximate surface area is 91.1 Å². The lowest BCUT2D eigenvalue weighted by atomic mass is 10.2. The minimum atomic E-state index is -0.286. The molecule has 2 N–H and O–H groups in total. The van der Waals surface area contributed by atoms with E-state index in [-0.39, 0.29) is 6.10 Å². The van der Waals surface area contributed by atoms with Crippen LogP contribution in [0.1, 0.15) is 24.8 Å². The van der Waals surface area contributed by atoms with Gasteiger partial charge in [-0.25, -0.2) is 0 Å². The molecule has 4 heteroatoms. The molecule has 0 spiro atoms. The summed E-state index contributed by atoms with van der Waals surface area (Å²) in [5.74, 6) is 0.